The highest BCUT2D eigenvalue weighted by Gasteiger charge is 2.31. The van der Waals surface area contributed by atoms with Gasteiger partial charge in [-0.25, -0.2) is 4.98 Å². The Kier molecular flexibility index (Phi) is 2.65. The van der Waals surface area contributed by atoms with Gasteiger partial charge in [-0.2, -0.15) is 0 Å². The molecule has 1 saturated carbocycles. The first-order valence-electron chi connectivity index (χ1n) is 4.90. The molecule has 0 aliphatic heterocycles. The van der Waals surface area contributed by atoms with E-state index in [-0.39, 0.29) is 17.7 Å². The Morgan fingerprint density at radius 2 is 2.43 bits per heavy atom. The molecular formula is C10H14N2OS. The SMILES string of the molecule is Cc1nc(C(=O)C2CCCC2N)cs1. The first-order valence-corrected chi connectivity index (χ1v) is 5.78. The number of hydrogen-bond donors (Lipinski definition) is 1. The Labute approximate surface area is 87.3 Å². The molecule has 76 valence electrons. The lowest BCUT2D eigenvalue weighted by Crippen LogP contribution is -2.30. The highest BCUT2D eigenvalue weighted by molar-refractivity contribution is 7.09. The number of rotatable bonds is 2. The van der Waals surface area contributed by atoms with E-state index in [0.717, 1.165) is 24.3 Å². The van der Waals surface area contributed by atoms with E-state index >= 15 is 0 Å². The van der Waals surface area contributed by atoms with Crippen LogP contribution in [0.2, 0.25) is 0 Å². The van der Waals surface area contributed by atoms with Gasteiger partial charge in [-0.1, -0.05) is 6.42 Å². The zero-order chi connectivity index (χ0) is 10.1. The molecule has 2 rings (SSSR count). The average Bonchev–Trinajstić information content (AvgIpc) is 2.73. The summed E-state index contributed by atoms with van der Waals surface area (Å²) in [5.41, 5.74) is 6.49. The van der Waals surface area contributed by atoms with Crippen LogP contribution in [-0.4, -0.2) is 16.8 Å². The van der Waals surface area contributed by atoms with Crippen LogP contribution in [0.15, 0.2) is 5.38 Å². The van der Waals surface area contributed by atoms with Gasteiger partial charge < -0.3 is 5.73 Å². The molecular weight excluding hydrogens is 196 g/mol. The minimum atomic E-state index is 0.0106. The van der Waals surface area contributed by atoms with Crippen molar-refractivity contribution in [1.82, 2.24) is 4.98 Å². The first-order chi connectivity index (χ1) is 6.68. The number of aryl methyl sites for hydroxylation is 1. The van der Waals surface area contributed by atoms with Crippen LogP contribution in [0.1, 0.15) is 34.8 Å². The number of aromatic nitrogens is 1. The van der Waals surface area contributed by atoms with Crippen LogP contribution in [0, 0.1) is 12.8 Å². The smallest absolute Gasteiger partial charge is 0.186 e. The minimum absolute atomic E-state index is 0.0106. The monoisotopic (exact) mass is 210 g/mol. The summed E-state index contributed by atoms with van der Waals surface area (Å²) in [6, 6.07) is 0.0458. The second-order valence-corrected chi connectivity index (χ2v) is 4.88. The number of thiazole rings is 1. The summed E-state index contributed by atoms with van der Waals surface area (Å²) in [4.78, 5) is 16.1. The van der Waals surface area contributed by atoms with Crippen LogP contribution in [-0.2, 0) is 0 Å². The molecule has 2 N–H and O–H groups in total. The molecule has 4 heteroatoms. The average molecular weight is 210 g/mol. The van der Waals surface area contributed by atoms with Gasteiger partial charge >= 0.3 is 0 Å². The van der Waals surface area contributed by atoms with Crippen molar-refractivity contribution in [3.8, 4) is 0 Å². The van der Waals surface area contributed by atoms with Gasteiger partial charge in [0.15, 0.2) is 5.78 Å². The Bertz CT molecular complexity index is 348. The zero-order valence-electron chi connectivity index (χ0n) is 8.19. The molecule has 3 nitrogen and oxygen atoms in total. The Balaban J connectivity index is 2.15. The molecule has 0 amide bonds. The predicted molar refractivity (Wildman–Crippen MR) is 56.5 cm³/mol. The third-order valence-electron chi connectivity index (χ3n) is 2.78. The van der Waals surface area contributed by atoms with Crippen molar-refractivity contribution in [3.63, 3.8) is 0 Å². The van der Waals surface area contributed by atoms with Gasteiger partial charge in [0, 0.05) is 17.3 Å². The molecule has 2 atom stereocenters. The zero-order valence-corrected chi connectivity index (χ0v) is 9.01. The highest BCUT2D eigenvalue weighted by atomic mass is 32.1. The van der Waals surface area contributed by atoms with E-state index in [1.165, 1.54) is 11.3 Å². The lowest BCUT2D eigenvalue weighted by atomic mass is 9.97. The molecule has 14 heavy (non-hydrogen) atoms. The van der Waals surface area contributed by atoms with Crippen LogP contribution in [0.5, 0.6) is 0 Å². The van der Waals surface area contributed by atoms with E-state index in [4.69, 9.17) is 5.73 Å². The molecule has 1 aliphatic rings. The Morgan fingerprint density at radius 3 is 2.93 bits per heavy atom. The fourth-order valence-corrected chi connectivity index (χ4v) is 2.58. The van der Waals surface area contributed by atoms with Crippen LogP contribution < -0.4 is 5.73 Å². The molecule has 0 aromatic carbocycles. The quantitative estimate of drug-likeness (QED) is 0.757. The lowest BCUT2D eigenvalue weighted by molar-refractivity contribution is 0.0909. The second-order valence-electron chi connectivity index (χ2n) is 3.82. The molecule has 0 radical (unpaired) electrons. The number of nitrogens with two attached hydrogens (primary N) is 1. The van der Waals surface area contributed by atoms with Crippen molar-refractivity contribution in [2.24, 2.45) is 11.7 Å². The maximum Gasteiger partial charge on any atom is 0.186 e. The standard InChI is InChI=1S/C10H14N2OS/c1-6-12-9(5-14-6)10(13)7-3-2-4-8(7)11/h5,7-8H,2-4,11H2,1H3. The van der Waals surface area contributed by atoms with Crippen molar-refractivity contribution in [2.45, 2.75) is 32.2 Å². The largest absolute Gasteiger partial charge is 0.327 e. The molecule has 0 bridgehead atoms. The number of nitrogens with zero attached hydrogens (tertiary/aromatic N) is 1. The summed E-state index contributed by atoms with van der Waals surface area (Å²) in [6.07, 6.45) is 2.97. The van der Waals surface area contributed by atoms with Gasteiger partial charge in [-0.05, 0) is 19.8 Å². The number of carbonyl (C=O) groups is 1. The van der Waals surface area contributed by atoms with Crippen LogP contribution in [0.3, 0.4) is 0 Å². The number of ketones is 1. The maximum absolute atomic E-state index is 11.9. The molecule has 2 unspecified atom stereocenters. The molecule has 0 spiro atoms. The van der Waals surface area contributed by atoms with Gasteiger partial charge in [0.1, 0.15) is 5.69 Å². The summed E-state index contributed by atoms with van der Waals surface area (Å²) in [5, 5.41) is 2.78. The van der Waals surface area contributed by atoms with Crippen molar-refractivity contribution < 1.29 is 4.79 Å². The van der Waals surface area contributed by atoms with E-state index < -0.39 is 0 Å². The molecule has 1 aliphatic carbocycles. The van der Waals surface area contributed by atoms with Crippen LogP contribution in [0.4, 0.5) is 0 Å². The van der Waals surface area contributed by atoms with Gasteiger partial charge in [0.05, 0.1) is 5.01 Å². The van der Waals surface area contributed by atoms with Crippen LogP contribution >= 0.6 is 11.3 Å². The molecule has 0 saturated heterocycles. The fraction of sp³-hybridized carbons (Fsp3) is 0.600. The number of hydrogen-bond acceptors (Lipinski definition) is 4. The summed E-state index contributed by atoms with van der Waals surface area (Å²) in [5.74, 6) is 0.149. The van der Waals surface area contributed by atoms with Crippen molar-refractivity contribution in [3.05, 3.63) is 16.1 Å². The van der Waals surface area contributed by atoms with Crippen molar-refractivity contribution >= 4 is 17.1 Å². The van der Waals surface area contributed by atoms with E-state index in [1.807, 2.05) is 12.3 Å². The molecule has 1 fully saturated rings. The first kappa shape index (κ1) is 9.80. The molecule has 1 aromatic rings. The fourth-order valence-electron chi connectivity index (χ4n) is 1.98. The van der Waals surface area contributed by atoms with Gasteiger partial charge in [-0.15, -0.1) is 11.3 Å². The van der Waals surface area contributed by atoms with E-state index in [9.17, 15) is 4.79 Å². The maximum atomic E-state index is 11.9. The van der Waals surface area contributed by atoms with E-state index in [1.54, 1.807) is 0 Å². The summed E-state index contributed by atoms with van der Waals surface area (Å²) >= 11 is 1.52. The number of carbonyl (C=O) groups excluding carboxylic acids is 1. The van der Waals surface area contributed by atoms with Crippen molar-refractivity contribution in [2.75, 3.05) is 0 Å². The van der Waals surface area contributed by atoms with Gasteiger partial charge in [0.25, 0.3) is 0 Å². The Morgan fingerprint density at radius 1 is 1.64 bits per heavy atom. The second kappa shape index (κ2) is 3.79. The van der Waals surface area contributed by atoms with E-state index in [2.05, 4.69) is 4.98 Å². The number of Topliss-reactive ketones (excluding diaryl/α,β-unsaturated/α-hetero) is 1. The summed E-state index contributed by atoms with van der Waals surface area (Å²) in [6.45, 7) is 1.91. The predicted octanol–water partition coefficient (Wildman–Crippen LogP) is 1.76. The third kappa shape index (κ3) is 1.72. The lowest BCUT2D eigenvalue weighted by Gasteiger charge is -2.11. The topological polar surface area (TPSA) is 56.0 Å². The van der Waals surface area contributed by atoms with Crippen molar-refractivity contribution in [1.29, 1.82) is 0 Å². The third-order valence-corrected chi connectivity index (χ3v) is 3.55. The minimum Gasteiger partial charge on any atom is -0.327 e. The van der Waals surface area contributed by atoms with Gasteiger partial charge in [0.2, 0.25) is 0 Å². The highest BCUT2D eigenvalue weighted by Crippen LogP contribution is 2.27. The van der Waals surface area contributed by atoms with Gasteiger partial charge in [-0.3, -0.25) is 4.79 Å². The molecule has 1 aromatic heterocycles. The normalized spacial score (nSPS) is 26.7. The van der Waals surface area contributed by atoms with Crippen LogP contribution in [0.25, 0.3) is 0 Å². The van der Waals surface area contributed by atoms with E-state index in [0.29, 0.717) is 5.69 Å². The molecule has 1 heterocycles. The summed E-state index contributed by atoms with van der Waals surface area (Å²) < 4.78 is 0. The Hall–Kier alpha value is -0.740. The summed E-state index contributed by atoms with van der Waals surface area (Å²) in [7, 11) is 0.